The minimum Gasteiger partial charge on any atom is -0.402 e. The maximum Gasteiger partial charge on any atom is 0.631 e. The van der Waals surface area contributed by atoms with E-state index in [1.165, 1.54) is 77.8 Å². The van der Waals surface area contributed by atoms with Gasteiger partial charge in [0.2, 0.25) is 0 Å². The van der Waals surface area contributed by atoms with Gasteiger partial charge in [0.15, 0.2) is 0 Å². The van der Waals surface area contributed by atoms with Crippen molar-refractivity contribution < 1.29 is 15.1 Å². The van der Waals surface area contributed by atoms with Gasteiger partial charge in [0, 0.05) is 0 Å². The van der Waals surface area contributed by atoms with Crippen molar-refractivity contribution in [2.75, 3.05) is 39.3 Å². The Bertz CT molecular complexity index is 141. The highest BCUT2D eigenvalue weighted by molar-refractivity contribution is 6.30. The zero-order chi connectivity index (χ0) is 20.2. The van der Waals surface area contributed by atoms with Crippen molar-refractivity contribution >= 4 is 7.32 Å². The van der Waals surface area contributed by atoms with Crippen molar-refractivity contribution in [1.29, 1.82) is 0 Å². The quantitative estimate of drug-likeness (QED) is 0.234. The first-order valence-corrected chi connectivity index (χ1v) is 10.1. The van der Waals surface area contributed by atoms with Crippen LogP contribution >= 0.6 is 0 Å². The topological polar surface area (TPSA) is 96.8 Å². The standard InChI is InChI=1S/3C6H15N.BH3O3/c3*1-3-5-7-6-4-2;2-1(3)4/h3*7H,3-6H2,1-2H3;2-4H. The minimum atomic E-state index is -2.17. The fourth-order valence-electron chi connectivity index (χ4n) is 1.44. The molecule has 0 saturated carbocycles. The molecule has 0 rings (SSSR count). The van der Waals surface area contributed by atoms with Crippen molar-refractivity contribution in [3.63, 3.8) is 0 Å². The lowest BCUT2D eigenvalue weighted by molar-refractivity contribution is 0.278. The molecule has 6 N–H and O–H groups in total. The predicted molar refractivity (Wildman–Crippen MR) is 113 cm³/mol. The van der Waals surface area contributed by atoms with Crippen molar-refractivity contribution in [3.8, 4) is 0 Å². The fraction of sp³-hybridized carbons (Fsp3) is 1.00. The molecule has 6 nitrogen and oxygen atoms in total. The molecule has 25 heavy (non-hydrogen) atoms. The monoisotopic (exact) mass is 365 g/mol. The predicted octanol–water partition coefficient (Wildman–Crippen LogP) is 2.14. The highest BCUT2D eigenvalue weighted by Crippen LogP contribution is 1.72. The van der Waals surface area contributed by atoms with Crippen LogP contribution in [0.1, 0.15) is 80.1 Å². The highest BCUT2D eigenvalue weighted by Gasteiger charge is 1.92. The first kappa shape index (κ1) is 32.5. The van der Waals surface area contributed by atoms with Crippen LogP contribution in [0.25, 0.3) is 0 Å². The van der Waals surface area contributed by atoms with E-state index in [1.807, 2.05) is 0 Å². The second kappa shape index (κ2) is 39.1. The summed E-state index contributed by atoms with van der Waals surface area (Å²) in [5, 5.41) is 31.4. The average Bonchev–Trinajstić information content (AvgIpc) is 2.57. The van der Waals surface area contributed by atoms with Gasteiger partial charge in [-0.25, -0.2) is 0 Å². The van der Waals surface area contributed by atoms with Gasteiger partial charge in [0.1, 0.15) is 0 Å². The number of hydrogen-bond acceptors (Lipinski definition) is 6. The molecular weight excluding hydrogens is 317 g/mol. The fourth-order valence-corrected chi connectivity index (χ4v) is 1.44. The summed E-state index contributed by atoms with van der Waals surface area (Å²) < 4.78 is 0. The van der Waals surface area contributed by atoms with Crippen LogP contribution in [-0.2, 0) is 0 Å². The maximum absolute atomic E-state index is 7.17. The van der Waals surface area contributed by atoms with Gasteiger partial charge >= 0.3 is 7.32 Å². The van der Waals surface area contributed by atoms with Crippen molar-refractivity contribution in [2.45, 2.75) is 80.1 Å². The Morgan fingerprint density at radius 1 is 0.440 bits per heavy atom. The van der Waals surface area contributed by atoms with Crippen molar-refractivity contribution in [3.05, 3.63) is 0 Å². The van der Waals surface area contributed by atoms with E-state index in [9.17, 15) is 0 Å². The third kappa shape index (κ3) is 81.2. The third-order valence-corrected chi connectivity index (χ3v) is 2.56. The molecule has 0 aromatic carbocycles. The lowest BCUT2D eigenvalue weighted by atomic mass is 10.3. The van der Waals surface area contributed by atoms with E-state index in [-0.39, 0.29) is 0 Å². The molecule has 0 aliphatic heterocycles. The Labute approximate surface area is 158 Å². The van der Waals surface area contributed by atoms with Gasteiger partial charge in [-0.05, 0) is 77.8 Å². The van der Waals surface area contributed by atoms with E-state index < -0.39 is 7.32 Å². The molecule has 0 unspecified atom stereocenters. The molecule has 0 heterocycles. The van der Waals surface area contributed by atoms with Crippen LogP contribution < -0.4 is 16.0 Å². The summed E-state index contributed by atoms with van der Waals surface area (Å²) in [6.45, 7) is 20.1. The van der Waals surface area contributed by atoms with Gasteiger partial charge in [-0.1, -0.05) is 41.5 Å². The summed E-state index contributed by atoms with van der Waals surface area (Å²) >= 11 is 0. The molecular formula is C18H48BN3O3. The molecule has 0 radical (unpaired) electrons. The molecule has 7 heteroatoms. The van der Waals surface area contributed by atoms with Crippen LogP contribution in [0.2, 0.25) is 0 Å². The molecule has 0 fully saturated rings. The second-order valence-electron chi connectivity index (χ2n) is 5.60. The van der Waals surface area contributed by atoms with Crippen LogP contribution in [0, 0.1) is 0 Å². The van der Waals surface area contributed by atoms with Crippen LogP contribution in [0.15, 0.2) is 0 Å². The molecule has 0 saturated heterocycles. The lowest BCUT2D eigenvalue weighted by Gasteiger charge is -1.95. The van der Waals surface area contributed by atoms with E-state index in [2.05, 4.69) is 57.5 Å². The van der Waals surface area contributed by atoms with E-state index >= 15 is 0 Å². The Morgan fingerprint density at radius 2 is 0.560 bits per heavy atom. The molecule has 0 bridgehead atoms. The summed E-state index contributed by atoms with van der Waals surface area (Å²) in [7, 11) is -2.17. The highest BCUT2D eigenvalue weighted by atomic mass is 16.5. The van der Waals surface area contributed by atoms with Gasteiger partial charge < -0.3 is 31.0 Å². The molecule has 0 aliphatic carbocycles. The zero-order valence-corrected chi connectivity index (χ0v) is 17.9. The van der Waals surface area contributed by atoms with Crippen LogP contribution in [0.3, 0.4) is 0 Å². The first-order chi connectivity index (χ1) is 12.0. The van der Waals surface area contributed by atoms with E-state index in [0.29, 0.717) is 0 Å². The molecule has 0 atom stereocenters. The van der Waals surface area contributed by atoms with Gasteiger partial charge in [-0.15, -0.1) is 0 Å². The summed E-state index contributed by atoms with van der Waals surface area (Å²) in [6, 6.07) is 0. The summed E-state index contributed by atoms with van der Waals surface area (Å²) in [6.07, 6.45) is 7.50. The normalized spacial score (nSPS) is 9.00. The molecule has 0 aromatic rings. The van der Waals surface area contributed by atoms with E-state index in [0.717, 1.165) is 0 Å². The summed E-state index contributed by atoms with van der Waals surface area (Å²) in [5.74, 6) is 0. The van der Waals surface area contributed by atoms with Gasteiger partial charge in [-0.3, -0.25) is 0 Å². The molecule has 0 amide bonds. The van der Waals surface area contributed by atoms with Gasteiger partial charge in [-0.2, -0.15) is 0 Å². The molecule has 0 aliphatic rings. The Kier molecular flexibility index (Phi) is 50.8. The number of nitrogens with one attached hydrogen (secondary N) is 3. The minimum absolute atomic E-state index is 1.17. The molecule has 156 valence electrons. The molecule has 0 spiro atoms. The Balaban J connectivity index is -0.000000120. The van der Waals surface area contributed by atoms with Crippen molar-refractivity contribution in [2.24, 2.45) is 0 Å². The largest absolute Gasteiger partial charge is 0.631 e. The van der Waals surface area contributed by atoms with Gasteiger partial charge in [0.05, 0.1) is 0 Å². The maximum atomic E-state index is 7.17. The lowest BCUT2D eigenvalue weighted by Crippen LogP contribution is -2.14. The SMILES string of the molecule is CCCNCCC.CCCNCCC.CCCNCCC.OB(O)O. The van der Waals surface area contributed by atoms with Crippen molar-refractivity contribution in [1.82, 2.24) is 16.0 Å². The summed E-state index contributed by atoms with van der Waals surface area (Å²) in [4.78, 5) is 0. The number of hydrogen-bond donors (Lipinski definition) is 6. The van der Waals surface area contributed by atoms with E-state index in [4.69, 9.17) is 15.1 Å². The first-order valence-electron chi connectivity index (χ1n) is 10.1. The van der Waals surface area contributed by atoms with Crippen LogP contribution in [0.4, 0.5) is 0 Å². The van der Waals surface area contributed by atoms with E-state index in [1.54, 1.807) is 0 Å². The average molecular weight is 365 g/mol. The van der Waals surface area contributed by atoms with Crippen LogP contribution in [0.5, 0.6) is 0 Å². The molecule has 0 aromatic heterocycles. The Morgan fingerprint density at radius 3 is 0.640 bits per heavy atom. The number of rotatable bonds is 12. The third-order valence-electron chi connectivity index (χ3n) is 2.56. The Hall–Kier alpha value is -0.175. The van der Waals surface area contributed by atoms with Crippen LogP contribution in [-0.4, -0.2) is 61.7 Å². The second-order valence-corrected chi connectivity index (χ2v) is 5.60. The smallest absolute Gasteiger partial charge is 0.402 e. The summed E-state index contributed by atoms with van der Waals surface area (Å²) in [5.41, 5.74) is 0. The van der Waals surface area contributed by atoms with Gasteiger partial charge in [0.25, 0.3) is 0 Å². The zero-order valence-electron chi connectivity index (χ0n) is 17.9.